The molecule has 0 bridgehead atoms. The van der Waals surface area contributed by atoms with E-state index in [4.69, 9.17) is 14.2 Å². The van der Waals surface area contributed by atoms with Crippen LogP contribution in [0.15, 0.2) is 12.1 Å². The van der Waals surface area contributed by atoms with Crippen LogP contribution >= 0.6 is 0 Å². The summed E-state index contributed by atoms with van der Waals surface area (Å²) in [4.78, 5) is 0. The lowest BCUT2D eigenvalue weighted by atomic mass is 10.2. The van der Waals surface area contributed by atoms with Crippen LogP contribution in [0.3, 0.4) is 0 Å². The Balaban J connectivity index is 1.87. The molecule has 0 saturated heterocycles. The highest BCUT2D eigenvalue weighted by Gasteiger charge is 2.19. The molecule has 20 heavy (non-hydrogen) atoms. The van der Waals surface area contributed by atoms with Crippen LogP contribution in [0.25, 0.3) is 0 Å². The van der Waals surface area contributed by atoms with Crippen molar-refractivity contribution < 1.29 is 22.6 Å². The molecule has 7 heteroatoms. The molecule has 1 aliphatic heterocycles. The molecule has 0 fully saturated rings. The summed E-state index contributed by atoms with van der Waals surface area (Å²) in [5, 5.41) is 3.20. The molecular formula is C13H19NO5S. The van der Waals surface area contributed by atoms with Gasteiger partial charge < -0.3 is 19.5 Å². The van der Waals surface area contributed by atoms with E-state index in [0.717, 1.165) is 5.56 Å². The van der Waals surface area contributed by atoms with Crippen molar-refractivity contribution in [1.29, 1.82) is 0 Å². The highest BCUT2D eigenvalue weighted by molar-refractivity contribution is 7.90. The zero-order chi connectivity index (χ0) is 14.6. The zero-order valence-electron chi connectivity index (χ0n) is 11.6. The zero-order valence-corrected chi connectivity index (χ0v) is 12.5. The van der Waals surface area contributed by atoms with Crippen LogP contribution in [0.2, 0.25) is 0 Å². The van der Waals surface area contributed by atoms with Crippen molar-refractivity contribution in [2.75, 3.05) is 32.5 Å². The Morgan fingerprint density at radius 2 is 2.15 bits per heavy atom. The summed E-state index contributed by atoms with van der Waals surface area (Å²) in [6, 6.07) is 3.78. The number of sulfone groups is 1. The second kappa shape index (κ2) is 6.32. The Hall–Kier alpha value is -1.47. The van der Waals surface area contributed by atoms with Crippen LogP contribution in [0, 0.1) is 0 Å². The van der Waals surface area contributed by atoms with Crippen molar-refractivity contribution in [3.8, 4) is 17.2 Å². The summed E-state index contributed by atoms with van der Waals surface area (Å²) < 4.78 is 37.9. The molecule has 0 radical (unpaired) electrons. The van der Waals surface area contributed by atoms with Crippen molar-refractivity contribution >= 4 is 9.84 Å². The summed E-state index contributed by atoms with van der Waals surface area (Å²) in [7, 11) is -1.30. The van der Waals surface area contributed by atoms with Crippen LogP contribution in [-0.4, -0.2) is 40.9 Å². The Morgan fingerprint density at radius 3 is 2.85 bits per heavy atom. The van der Waals surface area contributed by atoms with Gasteiger partial charge in [-0.25, -0.2) is 8.42 Å². The SMILES string of the molecule is COc1cc(CNCCCS(C)(=O)=O)cc2c1OCO2. The highest BCUT2D eigenvalue weighted by Crippen LogP contribution is 2.41. The van der Waals surface area contributed by atoms with Crippen LogP contribution in [-0.2, 0) is 16.4 Å². The fourth-order valence-corrected chi connectivity index (χ4v) is 2.65. The van der Waals surface area contributed by atoms with Crippen LogP contribution in [0.5, 0.6) is 17.2 Å². The summed E-state index contributed by atoms with van der Waals surface area (Å²) in [6.45, 7) is 1.47. The lowest BCUT2D eigenvalue weighted by Crippen LogP contribution is -2.17. The molecule has 0 saturated carbocycles. The summed E-state index contributed by atoms with van der Waals surface area (Å²) in [5.41, 5.74) is 1.01. The number of hydrogen-bond donors (Lipinski definition) is 1. The molecule has 1 aromatic rings. The number of methoxy groups -OCH3 is 1. The van der Waals surface area contributed by atoms with Gasteiger partial charge in [0.2, 0.25) is 12.5 Å². The van der Waals surface area contributed by atoms with Gasteiger partial charge in [0.15, 0.2) is 11.5 Å². The number of benzene rings is 1. The normalized spacial score (nSPS) is 13.5. The standard InChI is InChI=1S/C13H19NO5S/c1-17-11-6-10(7-12-13(11)19-9-18-12)8-14-4-3-5-20(2,15)16/h6-7,14H,3-5,8-9H2,1-2H3. The number of nitrogens with one attached hydrogen (secondary N) is 1. The van der Waals surface area contributed by atoms with Gasteiger partial charge in [0.25, 0.3) is 0 Å². The maximum Gasteiger partial charge on any atom is 0.231 e. The molecule has 0 amide bonds. The quantitative estimate of drug-likeness (QED) is 0.756. The van der Waals surface area contributed by atoms with E-state index in [1.165, 1.54) is 6.26 Å². The third-order valence-corrected chi connectivity index (χ3v) is 3.95. The van der Waals surface area contributed by atoms with Gasteiger partial charge in [0.05, 0.1) is 12.9 Å². The summed E-state index contributed by atoms with van der Waals surface area (Å²) in [5.74, 6) is 2.16. The van der Waals surface area contributed by atoms with Crippen molar-refractivity contribution in [3.63, 3.8) is 0 Å². The molecule has 1 N–H and O–H groups in total. The Bertz CT molecular complexity index is 570. The van der Waals surface area contributed by atoms with E-state index in [9.17, 15) is 8.42 Å². The predicted molar refractivity (Wildman–Crippen MR) is 75.2 cm³/mol. The van der Waals surface area contributed by atoms with E-state index >= 15 is 0 Å². The van der Waals surface area contributed by atoms with Crippen LogP contribution in [0.4, 0.5) is 0 Å². The van der Waals surface area contributed by atoms with Gasteiger partial charge in [0.1, 0.15) is 9.84 Å². The lowest BCUT2D eigenvalue weighted by molar-refractivity contribution is 0.171. The Morgan fingerprint density at radius 1 is 1.35 bits per heavy atom. The van der Waals surface area contributed by atoms with E-state index in [-0.39, 0.29) is 12.5 Å². The highest BCUT2D eigenvalue weighted by atomic mass is 32.2. The minimum absolute atomic E-state index is 0.199. The Kier molecular flexibility index (Phi) is 4.72. The maximum atomic E-state index is 11.0. The molecule has 1 heterocycles. The van der Waals surface area contributed by atoms with Crippen molar-refractivity contribution in [2.45, 2.75) is 13.0 Å². The first-order chi connectivity index (χ1) is 9.49. The molecule has 1 aliphatic rings. The third kappa shape index (κ3) is 4.01. The van der Waals surface area contributed by atoms with Gasteiger partial charge >= 0.3 is 0 Å². The first-order valence-corrected chi connectivity index (χ1v) is 8.40. The van der Waals surface area contributed by atoms with Crippen molar-refractivity contribution in [2.24, 2.45) is 0 Å². The van der Waals surface area contributed by atoms with Gasteiger partial charge in [-0.1, -0.05) is 0 Å². The molecule has 0 atom stereocenters. The summed E-state index contributed by atoms with van der Waals surface area (Å²) >= 11 is 0. The van der Waals surface area contributed by atoms with E-state index in [1.54, 1.807) is 7.11 Å². The molecular weight excluding hydrogens is 282 g/mol. The second-order valence-electron chi connectivity index (χ2n) is 4.69. The fraction of sp³-hybridized carbons (Fsp3) is 0.538. The van der Waals surface area contributed by atoms with Gasteiger partial charge in [-0.15, -0.1) is 0 Å². The maximum absolute atomic E-state index is 11.0. The number of hydrogen-bond acceptors (Lipinski definition) is 6. The number of ether oxygens (including phenoxy) is 3. The van der Waals surface area contributed by atoms with E-state index in [1.807, 2.05) is 12.1 Å². The summed E-state index contributed by atoms with van der Waals surface area (Å²) in [6.07, 6.45) is 1.84. The smallest absolute Gasteiger partial charge is 0.231 e. The fourth-order valence-electron chi connectivity index (χ4n) is 1.98. The van der Waals surface area contributed by atoms with Crippen LogP contribution < -0.4 is 19.5 Å². The number of rotatable bonds is 7. The molecule has 1 aromatic carbocycles. The second-order valence-corrected chi connectivity index (χ2v) is 6.95. The molecule has 0 spiro atoms. The molecule has 0 aliphatic carbocycles. The van der Waals surface area contributed by atoms with E-state index in [0.29, 0.717) is 36.8 Å². The van der Waals surface area contributed by atoms with Gasteiger partial charge in [-0.05, 0) is 30.7 Å². The predicted octanol–water partition coefficient (Wildman–Crippen LogP) is 0.948. The van der Waals surface area contributed by atoms with Gasteiger partial charge in [-0.3, -0.25) is 0 Å². The van der Waals surface area contributed by atoms with Gasteiger partial charge in [0, 0.05) is 12.8 Å². The first kappa shape index (κ1) is 14.9. The van der Waals surface area contributed by atoms with E-state index in [2.05, 4.69) is 5.32 Å². The Labute approximate surface area is 118 Å². The lowest BCUT2D eigenvalue weighted by Gasteiger charge is -2.09. The topological polar surface area (TPSA) is 73.9 Å². The molecule has 6 nitrogen and oxygen atoms in total. The van der Waals surface area contributed by atoms with Crippen molar-refractivity contribution in [1.82, 2.24) is 5.32 Å². The molecule has 2 rings (SSSR count). The molecule has 0 aromatic heterocycles. The molecule has 112 valence electrons. The third-order valence-electron chi connectivity index (χ3n) is 2.92. The van der Waals surface area contributed by atoms with E-state index < -0.39 is 9.84 Å². The monoisotopic (exact) mass is 301 g/mol. The number of fused-ring (bicyclic) bond motifs is 1. The average molecular weight is 301 g/mol. The minimum Gasteiger partial charge on any atom is -0.493 e. The minimum atomic E-state index is -2.88. The van der Waals surface area contributed by atoms with Crippen LogP contribution in [0.1, 0.15) is 12.0 Å². The molecule has 0 unspecified atom stereocenters. The van der Waals surface area contributed by atoms with Gasteiger partial charge in [-0.2, -0.15) is 0 Å². The first-order valence-electron chi connectivity index (χ1n) is 6.34. The van der Waals surface area contributed by atoms with Crippen molar-refractivity contribution in [3.05, 3.63) is 17.7 Å². The average Bonchev–Trinajstić information content (AvgIpc) is 2.84. The largest absolute Gasteiger partial charge is 0.493 e.